The van der Waals surface area contributed by atoms with Crippen molar-refractivity contribution in [3.05, 3.63) is 16.3 Å². The number of hydrogen-bond acceptors (Lipinski definition) is 4. The summed E-state index contributed by atoms with van der Waals surface area (Å²) in [6, 6.07) is 0. The zero-order valence-electron chi connectivity index (χ0n) is 17.2. The fraction of sp³-hybridized carbons (Fsp3) is 0.842. The Kier molecular flexibility index (Phi) is 9.38. The lowest BCUT2D eigenvalue weighted by Crippen LogP contribution is -2.39. The largest absolute Gasteiger partial charge is 0.380 e. The van der Waals surface area contributed by atoms with Crippen LogP contribution in [0.1, 0.15) is 52.3 Å². The molecule has 1 aromatic heterocycles. The van der Waals surface area contributed by atoms with Crippen molar-refractivity contribution in [1.82, 2.24) is 25.0 Å². The highest BCUT2D eigenvalue weighted by Gasteiger charge is 2.16. The quantitative estimate of drug-likeness (QED) is 0.344. The fourth-order valence-corrected chi connectivity index (χ4v) is 3.01. The second kappa shape index (κ2) is 11.8. The van der Waals surface area contributed by atoms with Gasteiger partial charge in [-0.15, -0.1) is 0 Å². The van der Waals surface area contributed by atoms with E-state index in [1.54, 1.807) is 4.68 Å². The molecular formula is C19H36N6O2. The SMILES string of the molecule is CCNC(=NCCCn1nc2n(c1=O)CCCC2)NCCOCCC(C)C. The lowest BCUT2D eigenvalue weighted by molar-refractivity contribution is 0.128. The number of guanidine groups is 1. The maximum atomic E-state index is 12.3. The molecule has 0 aromatic carbocycles. The van der Waals surface area contributed by atoms with Crippen molar-refractivity contribution in [2.75, 3.05) is 32.8 Å². The molecule has 8 nitrogen and oxygen atoms in total. The Balaban J connectivity index is 1.70. The zero-order chi connectivity index (χ0) is 19.5. The molecule has 1 aliphatic heterocycles. The van der Waals surface area contributed by atoms with E-state index in [4.69, 9.17) is 4.74 Å². The Morgan fingerprint density at radius 2 is 2.15 bits per heavy atom. The minimum Gasteiger partial charge on any atom is -0.380 e. The van der Waals surface area contributed by atoms with Gasteiger partial charge in [0, 0.05) is 45.8 Å². The molecule has 0 bridgehead atoms. The van der Waals surface area contributed by atoms with Crippen molar-refractivity contribution in [1.29, 1.82) is 0 Å². The summed E-state index contributed by atoms with van der Waals surface area (Å²) in [5.74, 6) is 2.40. The molecule has 0 unspecified atom stereocenters. The lowest BCUT2D eigenvalue weighted by atomic mass is 10.1. The zero-order valence-corrected chi connectivity index (χ0v) is 17.2. The van der Waals surface area contributed by atoms with Gasteiger partial charge in [-0.2, -0.15) is 5.10 Å². The summed E-state index contributed by atoms with van der Waals surface area (Å²) in [4.78, 5) is 16.9. The van der Waals surface area contributed by atoms with Crippen LogP contribution in [0.2, 0.25) is 0 Å². The molecular weight excluding hydrogens is 344 g/mol. The molecule has 2 N–H and O–H groups in total. The molecule has 0 aliphatic carbocycles. The summed E-state index contributed by atoms with van der Waals surface area (Å²) in [5, 5.41) is 11.0. The molecule has 0 radical (unpaired) electrons. The first-order valence-electron chi connectivity index (χ1n) is 10.4. The van der Waals surface area contributed by atoms with Crippen molar-refractivity contribution < 1.29 is 4.74 Å². The van der Waals surface area contributed by atoms with E-state index in [1.165, 1.54) is 0 Å². The average Bonchev–Trinajstić information content (AvgIpc) is 2.97. The highest BCUT2D eigenvalue weighted by atomic mass is 16.5. The van der Waals surface area contributed by atoms with Crippen molar-refractivity contribution in [2.24, 2.45) is 10.9 Å². The van der Waals surface area contributed by atoms with Gasteiger partial charge in [0.15, 0.2) is 5.96 Å². The number of fused-ring (bicyclic) bond motifs is 1. The highest BCUT2D eigenvalue weighted by molar-refractivity contribution is 5.79. The first kappa shape index (κ1) is 21.5. The van der Waals surface area contributed by atoms with E-state index in [0.717, 1.165) is 70.1 Å². The van der Waals surface area contributed by atoms with E-state index >= 15 is 0 Å². The molecule has 27 heavy (non-hydrogen) atoms. The fourth-order valence-electron chi connectivity index (χ4n) is 3.01. The smallest absolute Gasteiger partial charge is 0.345 e. The predicted octanol–water partition coefficient (Wildman–Crippen LogP) is 1.39. The van der Waals surface area contributed by atoms with Crippen molar-refractivity contribution in [3.63, 3.8) is 0 Å². The van der Waals surface area contributed by atoms with Gasteiger partial charge in [0.1, 0.15) is 5.82 Å². The van der Waals surface area contributed by atoms with Gasteiger partial charge < -0.3 is 15.4 Å². The molecule has 1 aromatic rings. The highest BCUT2D eigenvalue weighted by Crippen LogP contribution is 2.09. The third-order valence-corrected chi connectivity index (χ3v) is 4.55. The maximum absolute atomic E-state index is 12.3. The molecule has 2 heterocycles. The minimum atomic E-state index is 0.0252. The number of hydrogen-bond donors (Lipinski definition) is 2. The van der Waals surface area contributed by atoms with Gasteiger partial charge in [-0.3, -0.25) is 9.56 Å². The van der Waals surface area contributed by atoms with Crippen LogP contribution in [0.25, 0.3) is 0 Å². The van der Waals surface area contributed by atoms with Crippen LogP contribution in [0, 0.1) is 5.92 Å². The van der Waals surface area contributed by atoms with Gasteiger partial charge in [0.25, 0.3) is 0 Å². The molecule has 0 amide bonds. The topological polar surface area (TPSA) is 85.5 Å². The predicted molar refractivity (Wildman–Crippen MR) is 108 cm³/mol. The van der Waals surface area contributed by atoms with E-state index in [9.17, 15) is 4.79 Å². The molecule has 0 saturated carbocycles. The van der Waals surface area contributed by atoms with Crippen LogP contribution < -0.4 is 16.3 Å². The van der Waals surface area contributed by atoms with E-state index in [2.05, 4.69) is 34.6 Å². The summed E-state index contributed by atoms with van der Waals surface area (Å²) < 4.78 is 9.03. The van der Waals surface area contributed by atoms with Crippen LogP contribution >= 0.6 is 0 Å². The standard InChI is InChI=1S/C19H36N6O2/c1-4-20-18(22-11-15-27-14-9-16(2)3)21-10-7-13-25-19(26)24-12-6-5-8-17(24)23-25/h16H,4-15H2,1-3H3,(H2,20,21,22). The van der Waals surface area contributed by atoms with Crippen LogP contribution in [-0.4, -0.2) is 53.2 Å². The summed E-state index contributed by atoms with van der Waals surface area (Å²) in [6.07, 6.45) is 4.98. The van der Waals surface area contributed by atoms with Gasteiger partial charge >= 0.3 is 5.69 Å². The van der Waals surface area contributed by atoms with Gasteiger partial charge in [-0.1, -0.05) is 13.8 Å². The third kappa shape index (κ3) is 7.36. The summed E-state index contributed by atoms with van der Waals surface area (Å²) in [5.41, 5.74) is 0.0252. The Labute approximate surface area is 162 Å². The lowest BCUT2D eigenvalue weighted by Gasteiger charge is -2.12. The number of ether oxygens (including phenoxy) is 1. The number of nitrogens with zero attached hydrogens (tertiary/aromatic N) is 4. The number of aromatic nitrogens is 3. The monoisotopic (exact) mass is 380 g/mol. The van der Waals surface area contributed by atoms with E-state index in [1.807, 2.05) is 11.5 Å². The molecule has 0 saturated heterocycles. The Morgan fingerprint density at radius 1 is 1.30 bits per heavy atom. The van der Waals surface area contributed by atoms with Crippen LogP contribution in [0.4, 0.5) is 0 Å². The van der Waals surface area contributed by atoms with Crippen LogP contribution in [0.5, 0.6) is 0 Å². The van der Waals surface area contributed by atoms with Crippen LogP contribution in [-0.2, 0) is 24.2 Å². The van der Waals surface area contributed by atoms with Gasteiger partial charge in [-0.25, -0.2) is 9.48 Å². The molecule has 1 aliphatic rings. The first-order valence-corrected chi connectivity index (χ1v) is 10.4. The molecule has 154 valence electrons. The Morgan fingerprint density at radius 3 is 2.89 bits per heavy atom. The second-order valence-corrected chi connectivity index (χ2v) is 7.37. The Hall–Kier alpha value is -1.83. The summed E-state index contributed by atoms with van der Waals surface area (Å²) in [6.45, 7) is 11.5. The normalized spacial score (nSPS) is 14.4. The summed E-state index contributed by atoms with van der Waals surface area (Å²) >= 11 is 0. The van der Waals surface area contributed by atoms with E-state index in [-0.39, 0.29) is 5.69 Å². The van der Waals surface area contributed by atoms with Crippen LogP contribution in [0.15, 0.2) is 9.79 Å². The average molecular weight is 381 g/mol. The number of aryl methyl sites for hydroxylation is 2. The van der Waals surface area contributed by atoms with Crippen LogP contribution in [0.3, 0.4) is 0 Å². The van der Waals surface area contributed by atoms with E-state index in [0.29, 0.717) is 25.6 Å². The molecule has 0 spiro atoms. The summed E-state index contributed by atoms with van der Waals surface area (Å²) in [7, 11) is 0. The maximum Gasteiger partial charge on any atom is 0.345 e. The van der Waals surface area contributed by atoms with Gasteiger partial charge in [0.05, 0.1) is 6.61 Å². The second-order valence-electron chi connectivity index (χ2n) is 7.37. The Bertz CT molecular complexity index is 635. The van der Waals surface area contributed by atoms with Gasteiger partial charge in [-0.05, 0) is 38.5 Å². The van der Waals surface area contributed by atoms with Crippen molar-refractivity contribution in [3.8, 4) is 0 Å². The third-order valence-electron chi connectivity index (χ3n) is 4.55. The van der Waals surface area contributed by atoms with Crippen molar-refractivity contribution in [2.45, 2.75) is 66.0 Å². The number of rotatable bonds is 11. The van der Waals surface area contributed by atoms with E-state index < -0.39 is 0 Å². The molecule has 2 rings (SSSR count). The first-order chi connectivity index (χ1) is 13.1. The van der Waals surface area contributed by atoms with Crippen molar-refractivity contribution >= 4 is 5.96 Å². The molecule has 0 atom stereocenters. The number of nitrogens with one attached hydrogen (secondary N) is 2. The molecule has 0 fully saturated rings. The minimum absolute atomic E-state index is 0.0252. The van der Waals surface area contributed by atoms with Gasteiger partial charge in [0.2, 0.25) is 0 Å². The number of aliphatic imine (C=N–C) groups is 1. The molecule has 8 heteroatoms.